The fourth-order valence-electron chi connectivity index (χ4n) is 3.29. The Hall–Kier alpha value is -0.870. The van der Waals surface area contributed by atoms with Crippen LogP contribution in [0.4, 0.5) is 0 Å². The largest absolute Gasteiger partial charge is 0.294 e. The molecule has 0 aliphatic rings. The molecule has 4 heteroatoms. The first kappa shape index (κ1) is 19.2. The van der Waals surface area contributed by atoms with E-state index in [1.165, 1.54) is 12.5 Å². The zero-order valence-corrected chi connectivity index (χ0v) is 15.4. The van der Waals surface area contributed by atoms with E-state index in [0.29, 0.717) is 23.3 Å². The molecule has 1 aromatic carbocycles. The third-order valence-electron chi connectivity index (χ3n) is 4.72. The van der Waals surface area contributed by atoms with E-state index in [-0.39, 0.29) is 10.3 Å². The van der Waals surface area contributed by atoms with Crippen molar-refractivity contribution in [3.63, 3.8) is 0 Å². The molecule has 0 saturated carbocycles. The molecule has 0 bridgehead atoms. The molecule has 0 saturated heterocycles. The maximum atomic E-state index is 11.6. The molecule has 1 aromatic rings. The van der Waals surface area contributed by atoms with Crippen LogP contribution in [0.1, 0.15) is 59.9 Å². The van der Waals surface area contributed by atoms with Crippen LogP contribution in [0.15, 0.2) is 29.2 Å². The molecule has 0 radical (unpaired) electrons. The van der Waals surface area contributed by atoms with Gasteiger partial charge in [-0.2, -0.15) is 8.42 Å². The Morgan fingerprint density at radius 3 is 2.09 bits per heavy atom. The molecule has 0 heterocycles. The average Bonchev–Trinajstić information content (AvgIpc) is 2.36. The van der Waals surface area contributed by atoms with Gasteiger partial charge in [-0.25, -0.2) is 0 Å². The molecule has 2 atom stereocenters. The van der Waals surface area contributed by atoms with Crippen LogP contribution in [0, 0.1) is 17.8 Å². The molecule has 1 N–H and O–H groups in total. The van der Waals surface area contributed by atoms with E-state index in [1.54, 1.807) is 6.07 Å². The molecule has 0 aliphatic carbocycles. The molecular formula is C18H30O3S. The fourth-order valence-corrected chi connectivity index (χ4v) is 4.15. The van der Waals surface area contributed by atoms with Crippen LogP contribution in [-0.4, -0.2) is 13.0 Å². The molecule has 0 amide bonds. The van der Waals surface area contributed by atoms with Crippen molar-refractivity contribution < 1.29 is 13.0 Å². The lowest BCUT2D eigenvalue weighted by molar-refractivity contribution is 0.260. The SMILES string of the molecule is CC(C)CC(C)CC(C)C(C)(C)c1ccccc1S(=O)(=O)O. The Kier molecular flexibility index (Phi) is 6.22. The van der Waals surface area contributed by atoms with Gasteiger partial charge in [0.25, 0.3) is 10.1 Å². The maximum absolute atomic E-state index is 11.6. The summed E-state index contributed by atoms with van der Waals surface area (Å²) < 4.78 is 32.8. The van der Waals surface area contributed by atoms with Gasteiger partial charge in [0.05, 0.1) is 4.90 Å². The summed E-state index contributed by atoms with van der Waals surface area (Å²) in [6, 6.07) is 6.77. The van der Waals surface area contributed by atoms with E-state index >= 15 is 0 Å². The van der Waals surface area contributed by atoms with E-state index in [9.17, 15) is 13.0 Å². The van der Waals surface area contributed by atoms with Crippen LogP contribution in [0.3, 0.4) is 0 Å². The van der Waals surface area contributed by atoms with Gasteiger partial charge >= 0.3 is 0 Å². The Labute approximate surface area is 135 Å². The Morgan fingerprint density at radius 1 is 1.05 bits per heavy atom. The molecule has 2 unspecified atom stereocenters. The third kappa shape index (κ3) is 4.82. The van der Waals surface area contributed by atoms with E-state index < -0.39 is 10.1 Å². The van der Waals surface area contributed by atoms with Crippen LogP contribution in [0.5, 0.6) is 0 Å². The van der Waals surface area contributed by atoms with Crippen molar-refractivity contribution in [1.29, 1.82) is 0 Å². The standard InChI is InChI=1S/C18H30O3S/c1-13(2)11-14(3)12-15(4)18(5,6)16-9-7-8-10-17(16)22(19,20)21/h7-10,13-15H,11-12H2,1-6H3,(H,19,20,21). The van der Waals surface area contributed by atoms with Gasteiger partial charge < -0.3 is 0 Å². The quantitative estimate of drug-likeness (QED) is 0.724. The summed E-state index contributed by atoms with van der Waals surface area (Å²) in [5, 5.41) is 0. The third-order valence-corrected chi connectivity index (χ3v) is 5.63. The van der Waals surface area contributed by atoms with Crippen LogP contribution < -0.4 is 0 Å². The fraction of sp³-hybridized carbons (Fsp3) is 0.667. The van der Waals surface area contributed by atoms with Crippen molar-refractivity contribution in [3.8, 4) is 0 Å². The minimum atomic E-state index is -4.20. The van der Waals surface area contributed by atoms with Crippen molar-refractivity contribution in [2.24, 2.45) is 17.8 Å². The predicted molar refractivity (Wildman–Crippen MR) is 91.7 cm³/mol. The second kappa shape index (κ2) is 7.14. The Bertz CT molecular complexity index is 588. The van der Waals surface area contributed by atoms with Gasteiger partial charge in [-0.15, -0.1) is 0 Å². The van der Waals surface area contributed by atoms with Crippen molar-refractivity contribution in [2.45, 2.75) is 64.7 Å². The number of rotatable bonds is 7. The van der Waals surface area contributed by atoms with Crippen LogP contribution in [0.2, 0.25) is 0 Å². The Balaban J connectivity index is 3.09. The maximum Gasteiger partial charge on any atom is 0.294 e. The highest BCUT2D eigenvalue weighted by molar-refractivity contribution is 7.85. The van der Waals surface area contributed by atoms with Crippen molar-refractivity contribution in [1.82, 2.24) is 0 Å². The zero-order chi connectivity index (χ0) is 17.1. The second-order valence-corrected chi connectivity index (χ2v) is 8.95. The number of hydrogen-bond donors (Lipinski definition) is 1. The summed E-state index contributed by atoms with van der Waals surface area (Å²) in [7, 11) is -4.20. The zero-order valence-electron chi connectivity index (χ0n) is 14.6. The first-order chi connectivity index (χ1) is 9.96. The monoisotopic (exact) mass is 326 g/mol. The summed E-state index contributed by atoms with van der Waals surface area (Å²) in [6.45, 7) is 13.0. The van der Waals surface area contributed by atoms with E-state index in [2.05, 4.69) is 41.5 Å². The van der Waals surface area contributed by atoms with Crippen molar-refractivity contribution in [3.05, 3.63) is 29.8 Å². The van der Waals surface area contributed by atoms with Gasteiger partial charge in [-0.3, -0.25) is 4.55 Å². The van der Waals surface area contributed by atoms with Gasteiger partial charge in [-0.05, 0) is 47.6 Å². The van der Waals surface area contributed by atoms with Crippen LogP contribution >= 0.6 is 0 Å². The topological polar surface area (TPSA) is 54.4 Å². The smallest absolute Gasteiger partial charge is 0.282 e. The van der Waals surface area contributed by atoms with E-state index in [0.717, 1.165) is 6.42 Å². The highest BCUT2D eigenvalue weighted by atomic mass is 32.2. The molecule has 1 rings (SSSR count). The lowest BCUT2D eigenvalue weighted by Crippen LogP contribution is -2.30. The average molecular weight is 327 g/mol. The van der Waals surface area contributed by atoms with Gasteiger partial charge in [0.2, 0.25) is 0 Å². The molecule has 0 spiro atoms. The van der Waals surface area contributed by atoms with Crippen molar-refractivity contribution in [2.75, 3.05) is 0 Å². The van der Waals surface area contributed by atoms with Gasteiger partial charge in [0, 0.05) is 0 Å². The summed E-state index contributed by atoms with van der Waals surface area (Å²) in [6.07, 6.45) is 2.20. The van der Waals surface area contributed by atoms with Crippen LogP contribution in [-0.2, 0) is 15.5 Å². The first-order valence-corrected chi connectivity index (χ1v) is 9.47. The molecule has 22 heavy (non-hydrogen) atoms. The summed E-state index contributed by atoms with van der Waals surface area (Å²) >= 11 is 0. The van der Waals surface area contributed by atoms with E-state index in [4.69, 9.17) is 0 Å². The molecule has 0 aliphatic heterocycles. The van der Waals surface area contributed by atoms with Gasteiger partial charge in [0.1, 0.15) is 0 Å². The second-order valence-electron chi connectivity index (χ2n) is 7.56. The molecule has 0 fully saturated rings. The van der Waals surface area contributed by atoms with E-state index in [1.807, 2.05) is 12.1 Å². The first-order valence-electron chi connectivity index (χ1n) is 8.03. The predicted octanol–water partition coefficient (Wildman–Crippen LogP) is 4.92. The molecular weight excluding hydrogens is 296 g/mol. The normalized spacial score (nSPS) is 15.8. The van der Waals surface area contributed by atoms with Gasteiger partial charge in [-0.1, -0.05) is 59.7 Å². The van der Waals surface area contributed by atoms with Crippen molar-refractivity contribution >= 4 is 10.1 Å². The molecule has 3 nitrogen and oxygen atoms in total. The molecule has 0 aromatic heterocycles. The minimum Gasteiger partial charge on any atom is -0.282 e. The van der Waals surface area contributed by atoms with Crippen LogP contribution in [0.25, 0.3) is 0 Å². The highest BCUT2D eigenvalue weighted by Crippen LogP contribution is 2.39. The number of benzene rings is 1. The summed E-state index contributed by atoms with van der Waals surface area (Å²) in [5.41, 5.74) is 0.374. The summed E-state index contributed by atoms with van der Waals surface area (Å²) in [4.78, 5) is 0.0309. The molecule has 126 valence electrons. The van der Waals surface area contributed by atoms with Gasteiger partial charge in [0.15, 0.2) is 0 Å². The summed E-state index contributed by atoms with van der Waals surface area (Å²) in [5.74, 6) is 1.56. The Morgan fingerprint density at radius 2 is 1.59 bits per heavy atom. The minimum absolute atomic E-state index is 0.0309. The highest BCUT2D eigenvalue weighted by Gasteiger charge is 2.33. The lowest BCUT2D eigenvalue weighted by Gasteiger charge is -2.35. The lowest BCUT2D eigenvalue weighted by atomic mass is 9.70. The number of hydrogen-bond acceptors (Lipinski definition) is 2.